The number of anilines is 1. The summed E-state index contributed by atoms with van der Waals surface area (Å²) in [5.74, 6) is -14.7. The summed E-state index contributed by atoms with van der Waals surface area (Å²) in [6.45, 7) is 4.12. The Morgan fingerprint density at radius 3 is 2.32 bits per heavy atom. The van der Waals surface area contributed by atoms with Crippen molar-refractivity contribution in [3.8, 4) is 5.75 Å². The number of hydrogen-bond acceptors (Lipinski definition) is 7. The number of ether oxygens (including phenoxy) is 2. The fraction of sp³-hybridized carbons (Fsp3) is 0.414. The summed E-state index contributed by atoms with van der Waals surface area (Å²) in [6.07, 6.45) is -2.19. The van der Waals surface area contributed by atoms with Crippen LogP contribution in [0.2, 0.25) is 0 Å². The number of nitrogens with zero attached hydrogens (tertiary/aromatic N) is 1. The van der Waals surface area contributed by atoms with Crippen molar-refractivity contribution in [3.05, 3.63) is 59.2 Å². The van der Waals surface area contributed by atoms with E-state index in [2.05, 4.69) is 15.4 Å². The molecule has 11 nitrogen and oxygen atoms in total. The van der Waals surface area contributed by atoms with Gasteiger partial charge in [0.1, 0.15) is 12.6 Å². The third-order valence-electron chi connectivity index (χ3n) is 6.55. The molecule has 0 unspecified atom stereocenters. The van der Waals surface area contributed by atoms with Gasteiger partial charge in [-0.2, -0.15) is 8.78 Å². The van der Waals surface area contributed by atoms with Crippen LogP contribution < -0.4 is 15.4 Å². The monoisotopic (exact) mass is 625 g/mol. The molecule has 44 heavy (non-hydrogen) atoms. The van der Waals surface area contributed by atoms with Crippen molar-refractivity contribution in [2.45, 2.75) is 51.2 Å². The molecule has 0 radical (unpaired) electrons. The number of ketones is 1. The molecule has 238 valence electrons. The van der Waals surface area contributed by atoms with Crippen LogP contribution in [-0.4, -0.2) is 77.9 Å². The molecular weight excluding hydrogens is 594 g/mol. The van der Waals surface area contributed by atoms with Crippen LogP contribution in [0, 0.1) is 23.3 Å². The zero-order valence-electron chi connectivity index (χ0n) is 24.0. The molecule has 1 fully saturated rings. The fourth-order valence-corrected chi connectivity index (χ4v) is 4.34. The van der Waals surface area contributed by atoms with Crippen molar-refractivity contribution in [2.75, 3.05) is 31.6 Å². The Bertz CT molecular complexity index is 1420. The van der Waals surface area contributed by atoms with Gasteiger partial charge in [-0.25, -0.2) is 8.78 Å². The Labute approximate surface area is 249 Å². The van der Waals surface area contributed by atoms with Gasteiger partial charge in [0.25, 0.3) is 5.91 Å². The van der Waals surface area contributed by atoms with Crippen molar-refractivity contribution in [3.63, 3.8) is 0 Å². The minimum atomic E-state index is -1.92. The second-order valence-corrected chi connectivity index (χ2v) is 10.9. The summed E-state index contributed by atoms with van der Waals surface area (Å²) in [4.78, 5) is 64.1. The molecule has 2 aromatic rings. The lowest BCUT2D eigenvalue weighted by Gasteiger charge is -2.26. The molecule has 0 bridgehead atoms. The predicted molar refractivity (Wildman–Crippen MR) is 146 cm³/mol. The number of benzene rings is 2. The first-order valence-electron chi connectivity index (χ1n) is 13.4. The number of carboxylic acid groups (broad SMARTS) is 1. The molecule has 1 aliphatic rings. The second-order valence-electron chi connectivity index (χ2n) is 10.9. The number of carbonyl (C=O) groups excluding carboxylic acids is 4. The van der Waals surface area contributed by atoms with E-state index in [4.69, 9.17) is 4.74 Å². The first kappa shape index (κ1) is 34.0. The molecule has 0 aromatic heterocycles. The van der Waals surface area contributed by atoms with E-state index in [1.54, 1.807) is 18.2 Å². The van der Waals surface area contributed by atoms with Crippen molar-refractivity contribution in [1.82, 2.24) is 10.2 Å². The lowest BCUT2D eigenvalue weighted by molar-refractivity contribution is -0.145. The van der Waals surface area contributed by atoms with Crippen LogP contribution in [-0.2, 0) is 34.1 Å². The highest BCUT2D eigenvalue weighted by molar-refractivity contribution is 6.39. The predicted octanol–water partition coefficient (Wildman–Crippen LogP) is 2.70. The fourth-order valence-electron chi connectivity index (χ4n) is 4.34. The van der Waals surface area contributed by atoms with E-state index in [-0.39, 0.29) is 31.1 Å². The van der Waals surface area contributed by atoms with Crippen LogP contribution in [0.1, 0.15) is 39.2 Å². The normalized spacial score (nSPS) is 16.0. The van der Waals surface area contributed by atoms with Gasteiger partial charge in [0.15, 0.2) is 29.3 Å². The van der Waals surface area contributed by atoms with Crippen LogP contribution in [0.5, 0.6) is 5.75 Å². The van der Waals surface area contributed by atoms with E-state index in [0.717, 1.165) is 10.5 Å². The highest BCUT2D eigenvalue weighted by atomic mass is 19.2. The van der Waals surface area contributed by atoms with Crippen LogP contribution in [0.15, 0.2) is 30.3 Å². The van der Waals surface area contributed by atoms with Gasteiger partial charge in [-0.3, -0.25) is 24.0 Å². The zero-order valence-corrected chi connectivity index (χ0v) is 24.0. The smallest absolute Gasteiger partial charge is 0.313 e. The van der Waals surface area contributed by atoms with E-state index in [0.29, 0.717) is 5.69 Å². The number of carboxylic acids is 1. The van der Waals surface area contributed by atoms with Gasteiger partial charge in [-0.05, 0) is 23.5 Å². The molecule has 1 saturated heterocycles. The number of carbonyl (C=O) groups is 5. The van der Waals surface area contributed by atoms with E-state index in [1.165, 1.54) is 0 Å². The number of nitrogens with one attached hydrogen (secondary N) is 2. The first-order chi connectivity index (χ1) is 20.6. The average Bonchev–Trinajstić information content (AvgIpc) is 3.21. The van der Waals surface area contributed by atoms with Gasteiger partial charge in [0.2, 0.25) is 11.6 Å². The third kappa shape index (κ3) is 8.52. The number of aliphatic carboxylic acids is 1. The molecule has 1 aliphatic heterocycles. The molecule has 3 N–H and O–H groups in total. The van der Waals surface area contributed by atoms with E-state index >= 15 is 0 Å². The van der Waals surface area contributed by atoms with Crippen molar-refractivity contribution in [2.24, 2.45) is 0 Å². The number of amides is 3. The summed E-state index contributed by atoms with van der Waals surface area (Å²) in [5.41, 5.74) is 0.859. The van der Waals surface area contributed by atoms with Crippen LogP contribution in [0.3, 0.4) is 0 Å². The Kier molecular flexibility index (Phi) is 11.0. The average molecular weight is 626 g/mol. The minimum absolute atomic E-state index is 0.0271. The number of para-hydroxylation sites is 1. The number of rotatable bonds is 9. The molecular formula is C29H31F4N3O8. The Morgan fingerprint density at radius 1 is 1.07 bits per heavy atom. The van der Waals surface area contributed by atoms with Gasteiger partial charge < -0.3 is 30.1 Å². The maximum Gasteiger partial charge on any atom is 0.313 e. The number of Topliss-reactive ketones (excluding diaryl/α,β-unsaturated/α-hetero) is 1. The van der Waals surface area contributed by atoms with Crippen molar-refractivity contribution in [1.29, 1.82) is 0 Å². The first-order valence-corrected chi connectivity index (χ1v) is 13.4. The Morgan fingerprint density at radius 2 is 1.70 bits per heavy atom. The second kappa shape index (κ2) is 14.3. The molecule has 2 atom stereocenters. The van der Waals surface area contributed by atoms with Crippen LogP contribution in [0.25, 0.3) is 0 Å². The summed E-state index contributed by atoms with van der Waals surface area (Å²) in [6, 6.07) is 5.05. The standard InChI is InChI=1S/C29H31F4N3O8/c1-29(2,3)15-7-4-5-8-18(15)34-27(41)28(42)36-9-6-10-43-21(13-36)26(40)35-19(12-22(38)39)20(37)14-44-25-23(32)16(30)11-17(31)24(25)33/h4-5,7-8,11,19,21H,6,9-10,12-14H2,1-3H3,(H,34,41)(H,35,40)(H,38,39)/t19-,21+/m0/s1. The van der Waals surface area contributed by atoms with Gasteiger partial charge in [-0.1, -0.05) is 39.0 Å². The molecule has 3 amide bonds. The van der Waals surface area contributed by atoms with Crippen molar-refractivity contribution >= 4 is 35.2 Å². The number of hydrogen-bond donors (Lipinski definition) is 3. The molecule has 15 heteroatoms. The Balaban J connectivity index is 1.69. The Hall–Kier alpha value is -4.53. The molecule has 0 saturated carbocycles. The lowest BCUT2D eigenvalue weighted by atomic mass is 9.86. The molecule has 2 aromatic carbocycles. The summed E-state index contributed by atoms with van der Waals surface area (Å²) >= 11 is 0. The van der Waals surface area contributed by atoms with Crippen LogP contribution >= 0.6 is 0 Å². The zero-order chi connectivity index (χ0) is 32.8. The van der Waals surface area contributed by atoms with Gasteiger partial charge >= 0.3 is 17.8 Å². The SMILES string of the molecule is CC(C)(C)c1ccccc1NC(=O)C(=O)N1CCCO[C@@H](C(=O)N[C@@H](CC(=O)O)C(=O)COc2c(F)c(F)cc(F)c2F)C1. The molecule has 0 aliphatic carbocycles. The maximum atomic E-state index is 13.9. The highest BCUT2D eigenvalue weighted by Crippen LogP contribution is 2.29. The number of halogens is 4. The third-order valence-corrected chi connectivity index (χ3v) is 6.55. The van der Waals surface area contributed by atoms with Gasteiger partial charge in [0.05, 0.1) is 13.0 Å². The van der Waals surface area contributed by atoms with Gasteiger partial charge in [0, 0.05) is 24.9 Å². The highest BCUT2D eigenvalue weighted by Gasteiger charge is 2.34. The largest absolute Gasteiger partial charge is 0.481 e. The summed E-state index contributed by atoms with van der Waals surface area (Å²) in [7, 11) is 0. The van der Waals surface area contributed by atoms with Gasteiger partial charge in [-0.15, -0.1) is 0 Å². The van der Waals surface area contributed by atoms with Crippen LogP contribution in [0.4, 0.5) is 23.2 Å². The molecule has 0 spiro atoms. The summed E-state index contributed by atoms with van der Waals surface area (Å²) in [5, 5.41) is 14.0. The van der Waals surface area contributed by atoms with E-state index < -0.39 is 90.2 Å². The minimum Gasteiger partial charge on any atom is -0.481 e. The topological polar surface area (TPSA) is 151 Å². The van der Waals surface area contributed by atoms with E-state index in [1.807, 2.05) is 26.8 Å². The molecule has 3 rings (SSSR count). The maximum absolute atomic E-state index is 13.9. The quantitative estimate of drug-likeness (QED) is 0.219. The molecule has 1 heterocycles. The lowest BCUT2D eigenvalue weighted by Crippen LogP contribution is -2.52. The van der Waals surface area contributed by atoms with Crippen molar-refractivity contribution < 1.29 is 56.1 Å². The van der Waals surface area contributed by atoms with E-state index in [9.17, 15) is 46.6 Å². The summed E-state index contributed by atoms with van der Waals surface area (Å²) < 4.78 is 64.7.